The molecule has 5 heteroatoms. The molecule has 30 heavy (non-hydrogen) atoms. The van der Waals surface area contributed by atoms with E-state index in [1.54, 1.807) is 21.1 Å². The van der Waals surface area contributed by atoms with Gasteiger partial charge in [0.25, 0.3) is 0 Å². The first-order chi connectivity index (χ1) is 14.6. The average Bonchev–Trinajstić information content (AvgIpc) is 2.76. The zero-order valence-electron chi connectivity index (χ0n) is 17.9. The first-order valence-electron chi connectivity index (χ1n) is 10.7. The molecule has 0 aromatic heterocycles. The van der Waals surface area contributed by atoms with E-state index in [1.165, 1.54) is 47.7 Å². The lowest BCUT2D eigenvalue weighted by Crippen LogP contribution is -2.43. The number of benzene rings is 3. The van der Waals surface area contributed by atoms with Gasteiger partial charge < -0.3 is 14.8 Å². The Morgan fingerprint density at radius 1 is 0.967 bits per heavy atom. The first-order valence-corrected chi connectivity index (χ1v) is 10.7. The number of carbonyl (C=O) groups excluding carboxylic acids is 1. The van der Waals surface area contributed by atoms with Gasteiger partial charge in [-0.05, 0) is 82.7 Å². The Morgan fingerprint density at radius 2 is 1.70 bits per heavy atom. The number of nitrogens with zero attached hydrogens (tertiary/aromatic N) is 1. The summed E-state index contributed by atoms with van der Waals surface area (Å²) in [5, 5.41) is 7.73. The number of nitrogens with one attached hydrogen (secondary N) is 1. The van der Waals surface area contributed by atoms with Crippen LogP contribution in [0.15, 0.2) is 30.3 Å². The van der Waals surface area contributed by atoms with Crippen LogP contribution in [-0.4, -0.2) is 37.6 Å². The number of fused-ring (bicyclic) bond motifs is 7. The minimum atomic E-state index is -0.0629. The molecule has 0 unspecified atom stereocenters. The highest BCUT2D eigenvalue weighted by atomic mass is 16.5. The number of piperidine rings is 1. The summed E-state index contributed by atoms with van der Waals surface area (Å²) in [4.78, 5) is 14.3. The molecule has 1 fully saturated rings. The maximum atomic E-state index is 11.6. The van der Waals surface area contributed by atoms with E-state index in [1.807, 2.05) is 6.07 Å². The van der Waals surface area contributed by atoms with Crippen molar-refractivity contribution in [2.45, 2.75) is 45.2 Å². The predicted molar refractivity (Wildman–Crippen MR) is 121 cm³/mol. The van der Waals surface area contributed by atoms with Crippen molar-refractivity contribution in [1.82, 2.24) is 4.90 Å². The van der Waals surface area contributed by atoms with Crippen molar-refractivity contribution < 1.29 is 14.3 Å². The second-order valence-electron chi connectivity index (χ2n) is 8.48. The molecule has 2 aliphatic rings. The number of carbonyl (C=O) groups is 1. The van der Waals surface area contributed by atoms with Crippen molar-refractivity contribution in [2.75, 3.05) is 26.1 Å². The van der Waals surface area contributed by atoms with Crippen LogP contribution in [0.5, 0.6) is 11.5 Å². The SMILES string of the molecule is COc1cc2c3c(c4ccc(NC(C)=O)cc4c2cc1OC)CN1CCCC[C@@H]1C3. The van der Waals surface area contributed by atoms with E-state index in [2.05, 4.69) is 34.5 Å². The molecule has 2 aliphatic heterocycles. The van der Waals surface area contributed by atoms with E-state index < -0.39 is 0 Å². The largest absolute Gasteiger partial charge is 0.493 e. The van der Waals surface area contributed by atoms with Crippen molar-refractivity contribution in [2.24, 2.45) is 0 Å². The third kappa shape index (κ3) is 3.08. The molecule has 2 heterocycles. The van der Waals surface area contributed by atoms with E-state index in [9.17, 15) is 4.79 Å². The monoisotopic (exact) mass is 404 g/mol. The molecular weight excluding hydrogens is 376 g/mol. The third-order valence-electron chi connectivity index (χ3n) is 6.72. The summed E-state index contributed by atoms with van der Waals surface area (Å²) in [5.74, 6) is 1.42. The van der Waals surface area contributed by atoms with Gasteiger partial charge in [-0.3, -0.25) is 9.69 Å². The molecule has 3 aromatic carbocycles. The fraction of sp³-hybridized carbons (Fsp3) is 0.400. The number of hydrogen-bond donors (Lipinski definition) is 1. The molecule has 0 radical (unpaired) electrons. The first kappa shape index (κ1) is 19.2. The standard InChI is InChI=1S/C25H28N2O3/c1-15(28)26-16-7-8-18-19(10-16)21-12-24(29-2)25(30-3)13-22(21)20-11-17-6-4-5-9-27(17)14-23(18)20/h7-8,10,12-13,17H,4-6,9,11,14H2,1-3H3,(H,26,28)/t17-/m1/s1. The molecule has 0 aliphatic carbocycles. The maximum absolute atomic E-state index is 11.6. The van der Waals surface area contributed by atoms with Gasteiger partial charge in [-0.25, -0.2) is 0 Å². The fourth-order valence-corrected chi connectivity index (χ4v) is 5.34. The zero-order valence-corrected chi connectivity index (χ0v) is 17.9. The number of rotatable bonds is 3. The maximum Gasteiger partial charge on any atom is 0.221 e. The van der Waals surface area contributed by atoms with E-state index in [-0.39, 0.29) is 5.91 Å². The van der Waals surface area contributed by atoms with Gasteiger partial charge in [0.2, 0.25) is 5.91 Å². The summed E-state index contributed by atoms with van der Waals surface area (Å²) < 4.78 is 11.3. The van der Waals surface area contributed by atoms with Crippen molar-refractivity contribution in [3.63, 3.8) is 0 Å². The van der Waals surface area contributed by atoms with E-state index in [4.69, 9.17) is 9.47 Å². The van der Waals surface area contributed by atoms with Crippen molar-refractivity contribution in [3.8, 4) is 11.5 Å². The Kier molecular flexibility index (Phi) is 4.78. The quantitative estimate of drug-likeness (QED) is 0.632. The highest BCUT2D eigenvalue weighted by Crippen LogP contribution is 2.43. The molecule has 1 saturated heterocycles. The topological polar surface area (TPSA) is 50.8 Å². The number of amides is 1. The van der Waals surface area contributed by atoms with Crippen LogP contribution < -0.4 is 14.8 Å². The van der Waals surface area contributed by atoms with Gasteiger partial charge in [0.15, 0.2) is 11.5 Å². The van der Waals surface area contributed by atoms with Crippen molar-refractivity contribution >= 4 is 33.1 Å². The summed E-state index contributed by atoms with van der Waals surface area (Å²) >= 11 is 0. The van der Waals surface area contributed by atoms with Gasteiger partial charge in [-0.2, -0.15) is 0 Å². The van der Waals surface area contributed by atoms with Crippen molar-refractivity contribution in [1.29, 1.82) is 0 Å². The second kappa shape index (κ2) is 7.47. The van der Waals surface area contributed by atoms with Crippen molar-refractivity contribution in [3.05, 3.63) is 41.5 Å². The molecule has 1 amide bonds. The minimum Gasteiger partial charge on any atom is -0.493 e. The molecule has 0 spiro atoms. The molecule has 5 nitrogen and oxygen atoms in total. The normalized spacial score (nSPS) is 18.7. The summed E-state index contributed by atoms with van der Waals surface area (Å²) in [6.45, 7) is 3.71. The Morgan fingerprint density at radius 3 is 2.43 bits per heavy atom. The average molecular weight is 405 g/mol. The highest BCUT2D eigenvalue weighted by molar-refractivity contribution is 6.13. The lowest BCUT2D eigenvalue weighted by molar-refractivity contribution is -0.114. The molecule has 3 aromatic rings. The lowest BCUT2D eigenvalue weighted by atomic mass is 9.82. The van der Waals surface area contributed by atoms with Crippen LogP contribution in [0.4, 0.5) is 5.69 Å². The summed E-state index contributed by atoms with van der Waals surface area (Å²) in [6.07, 6.45) is 4.95. The number of hydrogen-bond acceptors (Lipinski definition) is 4. The summed E-state index contributed by atoms with van der Waals surface area (Å²) in [5.41, 5.74) is 3.67. The molecule has 1 N–H and O–H groups in total. The van der Waals surface area contributed by atoms with Gasteiger partial charge in [0.05, 0.1) is 14.2 Å². The predicted octanol–water partition coefficient (Wildman–Crippen LogP) is 4.88. The Bertz CT molecular complexity index is 1150. The van der Waals surface area contributed by atoms with E-state index in [0.717, 1.165) is 40.9 Å². The minimum absolute atomic E-state index is 0.0629. The molecule has 5 rings (SSSR count). The summed E-state index contributed by atoms with van der Waals surface area (Å²) in [6, 6.07) is 11.1. The third-order valence-corrected chi connectivity index (χ3v) is 6.72. The summed E-state index contributed by atoms with van der Waals surface area (Å²) in [7, 11) is 3.36. The Labute approximate surface area is 176 Å². The molecule has 0 saturated carbocycles. The van der Waals surface area contributed by atoms with Crippen LogP contribution in [0.3, 0.4) is 0 Å². The van der Waals surface area contributed by atoms with Gasteiger partial charge in [-0.15, -0.1) is 0 Å². The van der Waals surface area contributed by atoms with E-state index in [0.29, 0.717) is 6.04 Å². The molecule has 1 atom stereocenters. The fourth-order valence-electron chi connectivity index (χ4n) is 5.34. The number of methoxy groups -OCH3 is 2. The molecule has 0 bridgehead atoms. The second-order valence-corrected chi connectivity index (χ2v) is 8.48. The molecular formula is C25H28N2O3. The van der Waals surface area contributed by atoms with Gasteiger partial charge in [-0.1, -0.05) is 12.5 Å². The number of ether oxygens (including phenoxy) is 2. The van der Waals surface area contributed by atoms with E-state index >= 15 is 0 Å². The highest BCUT2D eigenvalue weighted by Gasteiger charge is 2.31. The molecule has 156 valence electrons. The van der Waals surface area contributed by atoms with Gasteiger partial charge in [0, 0.05) is 25.2 Å². The van der Waals surface area contributed by atoms with Gasteiger partial charge >= 0.3 is 0 Å². The lowest BCUT2D eigenvalue weighted by Gasteiger charge is -2.41. The number of anilines is 1. The Hall–Kier alpha value is -2.79. The van der Waals surface area contributed by atoms with Crippen LogP contribution in [0.1, 0.15) is 37.3 Å². The van der Waals surface area contributed by atoms with Crippen LogP contribution in [0, 0.1) is 0 Å². The van der Waals surface area contributed by atoms with Crippen LogP contribution >= 0.6 is 0 Å². The Balaban J connectivity index is 1.82. The van der Waals surface area contributed by atoms with Crippen LogP contribution in [0.25, 0.3) is 21.5 Å². The zero-order chi connectivity index (χ0) is 20.8. The van der Waals surface area contributed by atoms with Crippen LogP contribution in [0.2, 0.25) is 0 Å². The smallest absolute Gasteiger partial charge is 0.221 e. The van der Waals surface area contributed by atoms with Gasteiger partial charge in [0.1, 0.15) is 0 Å². The van der Waals surface area contributed by atoms with Crippen LogP contribution in [-0.2, 0) is 17.8 Å².